The van der Waals surface area contributed by atoms with Crippen molar-refractivity contribution in [2.75, 3.05) is 0 Å². The molecule has 0 fully saturated rings. The summed E-state index contributed by atoms with van der Waals surface area (Å²) < 4.78 is 1.59. The summed E-state index contributed by atoms with van der Waals surface area (Å²) in [6.07, 6.45) is 1.88. The Labute approximate surface area is 138 Å². The van der Waals surface area contributed by atoms with Crippen molar-refractivity contribution >= 4 is 49.4 Å². The molecule has 0 bridgehead atoms. The molecule has 6 heteroatoms. The molecule has 20 heavy (non-hydrogen) atoms. The maximum atomic E-state index is 11.5. The van der Waals surface area contributed by atoms with Crippen LogP contribution in [0.1, 0.15) is 17.2 Å². The molecule has 0 spiro atoms. The van der Waals surface area contributed by atoms with Gasteiger partial charge in [0.05, 0.1) is 10.7 Å². The fraction of sp³-hybridized carbons (Fsp3) is 0.143. The number of rotatable bonds is 4. The van der Waals surface area contributed by atoms with Gasteiger partial charge in [0.15, 0.2) is 0 Å². The number of carboxylic acids is 1. The number of aliphatic carboxylic acids is 1. The van der Waals surface area contributed by atoms with Crippen LogP contribution in [0.15, 0.2) is 45.5 Å². The molecule has 1 N–H and O–H groups in total. The first-order valence-electron chi connectivity index (χ1n) is 5.76. The molecule has 1 heterocycles. The fourth-order valence-corrected chi connectivity index (χ4v) is 3.07. The summed E-state index contributed by atoms with van der Waals surface area (Å²) in [4.78, 5) is 15.7. The molecule has 1 aromatic carbocycles. The Balaban J connectivity index is 2.37. The van der Waals surface area contributed by atoms with E-state index in [1.54, 1.807) is 12.3 Å². The summed E-state index contributed by atoms with van der Waals surface area (Å²) in [7, 11) is 0. The van der Waals surface area contributed by atoms with Crippen LogP contribution < -0.4 is 0 Å². The standard InChI is InChI=1S/C14H10Br2ClNO2/c15-9-6-12(17)13(18-7-9)10(14(19)20)5-8-3-1-2-4-11(8)16/h1-4,6-7,10H,5H2,(H,19,20). The van der Waals surface area contributed by atoms with Gasteiger partial charge in [0, 0.05) is 15.1 Å². The smallest absolute Gasteiger partial charge is 0.312 e. The Kier molecular flexibility index (Phi) is 5.18. The van der Waals surface area contributed by atoms with Gasteiger partial charge in [-0.05, 0) is 40.0 Å². The molecular formula is C14H10Br2ClNO2. The lowest BCUT2D eigenvalue weighted by Gasteiger charge is -2.14. The van der Waals surface area contributed by atoms with Crippen LogP contribution in [0.25, 0.3) is 0 Å². The van der Waals surface area contributed by atoms with E-state index in [0.717, 1.165) is 14.5 Å². The van der Waals surface area contributed by atoms with Gasteiger partial charge in [-0.25, -0.2) is 0 Å². The Morgan fingerprint density at radius 2 is 2.05 bits per heavy atom. The minimum absolute atomic E-state index is 0.325. The second-order valence-corrected chi connectivity index (χ2v) is 6.38. The second-order valence-electron chi connectivity index (χ2n) is 4.21. The lowest BCUT2D eigenvalue weighted by molar-refractivity contribution is -0.138. The predicted octanol–water partition coefficient (Wildman–Crippen LogP) is 4.67. The highest BCUT2D eigenvalue weighted by atomic mass is 79.9. The van der Waals surface area contributed by atoms with Crippen molar-refractivity contribution < 1.29 is 9.90 Å². The Hall–Kier alpha value is -0.910. The number of aromatic nitrogens is 1. The third kappa shape index (κ3) is 3.59. The Bertz CT molecular complexity index is 649. The highest BCUT2D eigenvalue weighted by Gasteiger charge is 2.25. The van der Waals surface area contributed by atoms with Crippen molar-refractivity contribution in [1.82, 2.24) is 4.98 Å². The van der Waals surface area contributed by atoms with Crippen LogP contribution in [0.3, 0.4) is 0 Å². The SMILES string of the molecule is O=C(O)C(Cc1ccccc1Br)c1ncc(Br)cc1Cl. The van der Waals surface area contributed by atoms with Gasteiger partial charge in [0.25, 0.3) is 0 Å². The molecule has 0 amide bonds. The van der Waals surface area contributed by atoms with Crippen molar-refractivity contribution in [3.05, 3.63) is 61.8 Å². The monoisotopic (exact) mass is 417 g/mol. The number of pyridine rings is 1. The van der Waals surface area contributed by atoms with Gasteiger partial charge in [-0.3, -0.25) is 9.78 Å². The highest BCUT2D eigenvalue weighted by Crippen LogP contribution is 2.30. The summed E-state index contributed by atoms with van der Waals surface area (Å²) in [6.45, 7) is 0. The molecule has 0 aliphatic carbocycles. The van der Waals surface area contributed by atoms with Gasteiger partial charge < -0.3 is 5.11 Å². The van der Waals surface area contributed by atoms with Gasteiger partial charge in [-0.15, -0.1) is 0 Å². The topological polar surface area (TPSA) is 50.2 Å². The Morgan fingerprint density at radius 3 is 2.65 bits per heavy atom. The third-order valence-electron chi connectivity index (χ3n) is 2.85. The molecule has 2 rings (SSSR count). The number of benzene rings is 1. The summed E-state index contributed by atoms with van der Waals surface area (Å²) >= 11 is 12.8. The van der Waals surface area contributed by atoms with E-state index in [1.807, 2.05) is 24.3 Å². The number of carboxylic acid groups (broad SMARTS) is 1. The first-order chi connectivity index (χ1) is 9.49. The summed E-state index contributed by atoms with van der Waals surface area (Å²) in [5, 5.41) is 9.79. The zero-order valence-corrected chi connectivity index (χ0v) is 14.1. The second kappa shape index (κ2) is 6.70. The third-order valence-corrected chi connectivity index (χ3v) is 4.36. The number of nitrogens with zero attached hydrogens (tertiary/aromatic N) is 1. The predicted molar refractivity (Wildman–Crippen MR) is 85.2 cm³/mol. The van der Waals surface area contributed by atoms with Crippen molar-refractivity contribution in [3.8, 4) is 0 Å². The zero-order valence-electron chi connectivity index (χ0n) is 10.2. The fourth-order valence-electron chi connectivity index (χ4n) is 1.87. The van der Waals surface area contributed by atoms with Crippen LogP contribution in [-0.4, -0.2) is 16.1 Å². The van der Waals surface area contributed by atoms with Crippen LogP contribution in [-0.2, 0) is 11.2 Å². The lowest BCUT2D eigenvalue weighted by atomic mass is 9.96. The molecule has 0 saturated carbocycles. The van der Waals surface area contributed by atoms with E-state index < -0.39 is 11.9 Å². The van der Waals surface area contributed by atoms with Crippen molar-refractivity contribution in [2.24, 2.45) is 0 Å². The van der Waals surface area contributed by atoms with Crippen LogP contribution in [0.2, 0.25) is 5.02 Å². The van der Waals surface area contributed by atoms with E-state index in [4.69, 9.17) is 11.6 Å². The van der Waals surface area contributed by atoms with E-state index in [1.165, 1.54) is 0 Å². The molecule has 1 aromatic heterocycles. The van der Waals surface area contributed by atoms with Gasteiger partial charge >= 0.3 is 5.97 Å². The van der Waals surface area contributed by atoms with E-state index in [0.29, 0.717) is 17.1 Å². The zero-order chi connectivity index (χ0) is 14.7. The quantitative estimate of drug-likeness (QED) is 0.784. The van der Waals surface area contributed by atoms with E-state index in [-0.39, 0.29) is 0 Å². The normalized spacial score (nSPS) is 12.2. The molecule has 1 atom stereocenters. The molecule has 3 nitrogen and oxygen atoms in total. The van der Waals surface area contributed by atoms with Gasteiger partial charge in [0.1, 0.15) is 5.92 Å². The number of hydrogen-bond donors (Lipinski definition) is 1. The maximum Gasteiger partial charge on any atom is 0.312 e. The first-order valence-corrected chi connectivity index (χ1v) is 7.72. The van der Waals surface area contributed by atoms with E-state index >= 15 is 0 Å². The maximum absolute atomic E-state index is 11.5. The van der Waals surface area contributed by atoms with Crippen LogP contribution in [0.4, 0.5) is 0 Å². The highest BCUT2D eigenvalue weighted by molar-refractivity contribution is 9.10. The van der Waals surface area contributed by atoms with Gasteiger partial charge in [-0.2, -0.15) is 0 Å². The summed E-state index contributed by atoms with van der Waals surface area (Å²) in [5.74, 6) is -1.73. The average Bonchev–Trinajstić information content (AvgIpc) is 2.38. The minimum Gasteiger partial charge on any atom is -0.481 e. The number of carbonyl (C=O) groups is 1. The molecule has 0 aliphatic rings. The largest absolute Gasteiger partial charge is 0.481 e. The van der Waals surface area contributed by atoms with Crippen LogP contribution in [0, 0.1) is 0 Å². The van der Waals surface area contributed by atoms with Crippen molar-refractivity contribution in [2.45, 2.75) is 12.3 Å². The molecule has 104 valence electrons. The van der Waals surface area contributed by atoms with Crippen molar-refractivity contribution in [1.29, 1.82) is 0 Å². The molecular weight excluding hydrogens is 409 g/mol. The average molecular weight is 420 g/mol. The number of halogens is 3. The molecule has 1 unspecified atom stereocenters. The lowest BCUT2D eigenvalue weighted by Crippen LogP contribution is -2.16. The summed E-state index contributed by atoms with van der Waals surface area (Å²) in [6, 6.07) is 9.17. The minimum atomic E-state index is -0.947. The van der Waals surface area contributed by atoms with E-state index in [2.05, 4.69) is 36.8 Å². The number of hydrogen-bond acceptors (Lipinski definition) is 2. The molecule has 2 aromatic rings. The molecule has 0 aliphatic heterocycles. The van der Waals surface area contributed by atoms with Gasteiger partial charge in [0.2, 0.25) is 0 Å². The molecule has 0 saturated heterocycles. The first kappa shape index (κ1) is 15.5. The van der Waals surface area contributed by atoms with Crippen LogP contribution in [0.5, 0.6) is 0 Å². The van der Waals surface area contributed by atoms with Gasteiger partial charge in [-0.1, -0.05) is 45.7 Å². The van der Waals surface area contributed by atoms with Crippen molar-refractivity contribution in [3.63, 3.8) is 0 Å². The molecule has 0 radical (unpaired) electrons. The summed E-state index contributed by atoms with van der Waals surface area (Å²) in [5.41, 5.74) is 1.28. The Morgan fingerprint density at radius 1 is 1.35 bits per heavy atom. The van der Waals surface area contributed by atoms with Crippen LogP contribution >= 0.6 is 43.5 Å². The van der Waals surface area contributed by atoms with E-state index in [9.17, 15) is 9.90 Å².